The molecule has 3 aromatic carbocycles. The molecule has 0 saturated carbocycles. The predicted octanol–water partition coefficient (Wildman–Crippen LogP) is 8.46. The van der Waals surface area contributed by atoms with Gasteiger partial charge in [0.05, 0.1) is 6.61 Å². The largest absolute Gasteiger partial charge is 0.493 e. The van der Waals surface area contributed by atoms with Gasteiger partial charge in [-0.2, -0.15) is 0 Å². The molecule has 1 nitrogen and oxygen atoms in total. The molecule has 0 N–H and O–H groups in total. The van der Waals surface area contributed by atoms with Gasteiger partial charge >= 0.3 is 0 Å². The van der Waals surface area contributed by atoms with Crippen molar-refractivity contribution in [3.8, 4) is 11.1 Å². The van der Waals surface area contributed by atoms with Gasteiger partial charge in [0.1, 0.15) is 5.75 Å². The second-order valence-corrected chi connectivity index (χ2v) is 9.97. The van der Waals surface area contributed by atoms with Crippen LogP contribution in [0.5, 0.6) is 5.75 Å². The number of hydrogen-bond donors (Lipinski definition) is 0. The van der Waals surface area contributed by atoms with E-state index < -0.39 is 7.53 Å². The number of ether oxygens (including phenoxy) is 1. The van der Waals surface area contributed by atoms with Crippen LogP contribution in [-0.2, 0) is 0 Å². The van der Waals surface area contributed by atoms with Crippen LogP contribution in [-0.4, -0.2) is 6.61 Å². The molecule has 0 aliphatic heterocycles. The Bertz CT molecular complexity index is 1120. The average Bonchev–Trinajstić information content (AvgIpc) is 2.98. The Morgan fingerprint density at radius 1 is 0.750 bits per heavy atom. The summed E-state index contributed by atoms with van der Waals surface area (Å²) in [6, 6.07) is 20.5. The SMILES string of the molecule is CCCCCOc1cc2c3cc(C)c(C)cc3p(-c3ccccc3)c2cc1C. The second kappa shape index (κ2) is 8.02. The second-order valence-electron chi connectivity index (χ2n) is 7.81. The molecule has 28 heavy (non-hydrogen) atoms. The van der Waals surface area contributed by atoms with Crippen LogP contribution >= 0.6 is 7.53 Å². The zero-order valence-electron chi connectivity index (χ0n) is 17.4. The normalized spacial score (nSPS) is 12.1. The molecule has 0 fully saturated rings. The molecule has 0 saturated heterocycles. The maximum Gasteiger partial charge on any atom is 0.122 e. The first-order valence-electron chi connectivity index (χ1n) is 10.3. The lowest BCUT2D eigenvalue weighted by molar-refractivity contribution is 0.305. The first-order chi connectivity index (χ1) is 13.6. The van der Waals surface area contributed by atoms with Gasteiger partial charge in [-0.05, 0) is 78.2 Å². The Morgan fingerprint density at radius 2 is 1.39 bits per heavy atom. The van der Waals surface area contributed by atoms with Crippen molar-refractivity contribution >= 4 is 28.5 Å². The van der Waals surface area contributed by atoms with Gasteiger partial charge in [0.25, 0.3) is 0 Å². The minimum absolute atomic E-state index is 0.503. The van der Waals surface area contributed by atoms with Gasteiger partial charge in [0, 0.05) is 10.2 Å². The first-order valence-corrected chi connectivity index (χ1v) is 11.7. The van der Waals surface area contributed by atoms with Gasteiger partial charge in [-0.3, -0.25) is 0 Å². The molecule has 1 atom stereocenters. The number of hydrogen-bond acceptors (Lipinski definition) is 1. The molecule has 0 radical (unpaired) electrons. The van der Waals surface area contributed by atoms with Crippen molar-refractivity contribution in [1.29, 1.82) is 0 Å². The molecule has 4 aromatic rings. The Hall–Kier alpha value is -2.24. The molecule has 0 amide bonds. The zero-order valence-corrected chi connectivity index (χ0v) is 18.3. The molecule has 2 heteroatoms. The highest BCUT2D eigenvalue weighted by molar-refractivity contribution is 7.67. The first kappa shape index (κ1) is 19.1. The van der Waals surface area contributed by atoms with Crippen LogP contribution < -0.4 is 4.74 Å². The molecule has 0 bridgehead atoms. The minimum atomic E-state index is -0.503. The molecule has 0 aliphatic rings. The van der Waals surface area contributed by atoms with Gasteiger partial charge in [0.2, 0.25) is 0 Å². The van der Waals surface area contributed by atoms with Crippen LogP contribution in [0.3, 0.4) is 0 Å². The Balaban J connectivity index is 1.94. The fraction of sp³-hybridized carbons (Fsp3) is 0.308. The molecule has 1 aromatic heterocycles. The van der Waals surface area contributed by atoms with Crippen molar-refractivity contribution in [3.63, 3.8) is 0 Å². The Morgan fingerprint density at radius 3 is 2.11 bits per heavy atom. The van der Waals surface area contributed by atoms with Crippen LogP contribution in [0.2, 0.25) is 0 Å². The van der Waals surface area contributed by atoms with Crippen LogP contribution in [0, 0.1) is 20.8 Å². The van der Waals surface area contributed by atoms with E-state index >= 15 is 0 Å². The summed E-state index contributed by atoms with van der Waals surface area (Å²) in [5, 5.41) is 7.15. The van der Waals surface area contributed by atoms with E-state index in [0.29, 0.717) is 0 Å². The molecular weight excluding hydrogens is 359 g/mol. The fourth-order valence-electron chi connectivity index (χ4n) is 3.95. The molecule has 1 heterocycles. The topological polar surface area (TPSA) is 9.23 Å². The summed E-state index contributed by atoms with van der Waals surface area (Å²) in [6.07, 6.45) is 3.57. The Kier molecular flexibility index (Phi) is 5.47. The fourth-order valence-corrected chi connectivity index (χ4v) is 6.73. The maximum atomic E-state index is 6.18. The van der Waals surface area contributed by atoms with E-state index in [4.69, 9.17) is 4.74 Å². The average molecular weight is 388 g/mol. The van der Waals surface area contributed by atoms with Gasteiger partial charge < -0.3 is 4.74 Å². The van der Waals surface area contributed by atoms with Crippen LogP contribution in [0.1, 0.15) is 42.9 Å². The van der Waals surface area contributed by atoms with Crippen LogP contribution in [0.25, 0.3) is 26.3 Å². The molecule has 144 valence electrons. The number of fused-ring (bicyclic) bond motifs is 3. The molecule has 4 rings (SSSR count). The van der Waals surface area contributed by atoms with E-state index in [-0.39, 0.29) is 0 Å². The lowest BCUT2D eigenvalue weighted by atomic mass is 10.0. The lowest BCUT2D eigenvalue weighted by Crippen LogP contribution is -1.98. The Labute approximate surface area is 169 Å². The van der Waals surface area contributed by atoms with E-state index in [1.54, 1.807) is 0 Å². The van der Waals surface area contributed by atoms with Crippen LogP contribution in [0.15, 0.2) is 54.6 Å². The van der Waals surface area contributed by atoms with E-state index in [0.717, 1.165) is 18.8 Å². The number of benzene rings is 3. The summed E-state index contributed by atoms with van der Waals surface area (Å²) >= 11 is 0. The zero-order chi connectivity index (χ0) is 19.7. The van der Waals surface area contributed by atoms with Crippen molar-refractivity contribution in [2.75, 3.05) is 6.61 Å². The number of unbranched alkanes of at least 4 members (excludes halogenated alkanes) is 2. The highest BCUT2D eigenvalue weighted by atomic mass is 31.1. The van der Waals surface area contributed by atoms with E-state index in [2.05, 4.69) is 82.3 Å². The van der Waals surface area contributed by atoms with E-state index in [1.807, 2.05) is 0 Å². The summed E-state index contributed by atoms with van der Waals surface area (Å²) in [5.41, 5.74) is 3.99. The highest BCUT2D eigenvalue weighted by Gasteiger charge is 2.16. The van der Waals surface area contributed by atoms with Crippen LogP contribution in [0.4, 0.5) is 0 Å². The maximum absolute atomic E-state index is 6.18. The van der Waals surface area contributed by atoms with E-state index in [9.17, 15) is 0 Å². The lowest BCUT2D eigenvalue weighted by Gasteiger charge is -2.10. The van der Waals surface area contributed by atoms with Gasteiger partial charge in [-0.15, -0.1) is 0 Å². The van der Waals surface area contributed by atoms with Gasteiger partial charge in [0.15, 0.2) is 0 Å². The van der Waals surface area contributed by atoms with Crippen molar-refractivity contribution < 1.29 is 4.74 Å². The smallest absolute Gasteiger partial charge is 0.122 e. The van der Waals surface area contributed by atoms with Gasteiger partial charge in [-0.1, -0.05) is 63.7 Å². The summed E-state index contributed by atoms with van der Waals surface area (Å²) in [5.74, 6) is 1.05. The molecule has 0 aliphatic carbocycles. The predicted molar refractivity (Wildman–Crippen MR) is 125 cm³/mol. The minimum Gasteiger partial charge on any atom is -0.493 e. The van der Waals surface area contributed by atoms with Gasteiger partial charge in [-0.25, -0.2) is 0 Å². The molecule has 0 spiro atoms. The van der Waals surface area contributed by atoms with E-state index in [1.165, 1.54) is 55.8 Å². The summed E-state index contributed by atoms with van der Waals surface area (Å²) in [7, 11) is -0.503. The molecular formula is C26H29OP. The monoisotopic (exact) mass is 388 g/mol. The highest BCUT2D eigenvalue weighted by Crippen LogP contribution is 2.56. The summed E-state index contributed by atoms with van der Waals surface area (Å²) in [6.45, 7) is 9.67. The summed E-state index contributed by atoms with van der Waals surface area (Å²) < 4.78 is 6.18. The standard InChI is InChI=1S/C26H29OP/c1-5-6-10-13-27-24-17-23-22-14-18(2)19(3)15-25(22)28(26(23)16-20(24)4)21-11-8-7-9-12-21/h7-9,11-12,14-17H,5-6,10,13H2,1-4H3. The van der Waals surface area contributed by atoms with Crippen molar-refractivity contribution in [2.24, 2.45) is 0 Å². The van der Waals surface area contributed by atoms with Crippen molar-refractivity contribution in [1.82, 2.24) is 0 Å². The number of rotatable bonds is 6. The van der Waals surface area contributed by atoms with Crippen molar-refractivity contribution in [3.05, 3.63) is 71.3 Å². The number of aryl methyl sites for hydroxylation is 3. The third-order valence-corrected chi connectivity index (χ3v) is 8.22. The molecule has 1 unspecified atom stereocenters. The quantitative estimate of drug-likeness (QED) is 0.301. The third-order valence-electron chi connectivity index (χ3n) is 5.70. The van der Waals surface area contributed by atoms with Crippen molar-refractivity contribution in [2.45, 2.75) is 47.0 Å². The summed E-state index contributed by atoms with van der Waals surface area (Å²) in [4.78, 5) is 0. The third kappa shape index (κ3) is 3.45.